The maximum atomic E-state index is 12.4. The number of benzene rings is 2. The molecule has 0 aliphatic heterocycles. The third-order valence-corrected chi connectivity index (χ3v) is 4.13. The number of methoxy groups -OCH3 is 3. The molecule has 0 aliphatic rings. The van der Waals surface area contributed by atoms with Crippen LogP contribution >= 0.6 is 11.6 Å². The highest BCUT2D eigenvalue weighted by Gasteiger charge is 2.10. The van der Waals surface area contributed by atoms with Gasteiger partial charge in [0.25, 0.3) is 5.56 Å². The zero-order valence-corrected chi connectivity index (χ0v) is 15.3. The standard InChI is InChI=1S/C19H17ClN2O4/c1-24-15-6-4-11(8-13(15)20)5-7-18-21-14-10-17(26-3)16(25-2)9-12(14)19(23)22-18/h4-10H,1-3H3,(H,21,22,23)/b7-5+. The summed E-state index contributed by atoms with van der Waals surface area (Å²) in [5, 5.41) is 0.929. The second-order valence-electron chi connectivity index (χ2n) is 5.40. The molecule has 1 aromatic heterocycles. The first kappa shape index (κ1) is 17.8. The van der Waals surface area contributed by atoms with Crippen molar-refractivity contribution in [3.8, 4) is 17.2 Å². The second kappa shape index (κ2) is 7.49. The summed E-state index contributed by atoms with van der Waals surface area (Å²) in [5.41, 5.74) is 1.10. The molecule has 0 amide bonds. The number of aromatic nitrogens is 2. The summed E-state index contributed by atoms with van der Waals surface area (Å²) in [6.45, 7) is 0. The maximum absolute atomic E-state index is 12.4. The van der Waals surface area contributed by atoms with Crippen LogP contribution in [0.3, 0.4) is 0 Å². The minimum atomic E-state index is -0.261. The summed E-state index contributed by atoms with van der Waals surface area (Å²) in [4.78, 5) is 19.5. The maximum Gasteiger partial charge on any atom is 0.259 e. The van der Waals surface area contributed by atoms with E-state index in [2.05, 4.69) is 9.97 Å². The normalized spacial score (nSPS) is 11.1. The summed E-state index contributed by atoms with van der Waals surface area (Å²) < 4.78 is 15.6. The lowest BCUT2D eigenvalue weighted by Gasteiger charge is -2.08. The van der Waals surface area contributed by atoms with Gasteiger partial charge < -0.3 is 19.2 Å². The van der Waals surface area contributed by atoms with Gasteiger partial charge in [-0.1, -0.05) is 23.7 Å². The Morgan fingerprint density at radius 3 is 2.31 bits per heavy atom. The van der Waals surface area contributed by atoms with E-state index < -0.39 is 0 Å². The van der Waals surface area contributed by atoms with Gasteiger partial charge in [-0.3, -0.25) is 4.79 Å². The Morgan fingerprint density at radius 2 is 1.65 bits per heavy atom. The molecule has 0 atom stereocenters. The number of aromatic amines is 1. The molecular formula is C19H17ClN2O4. The summed E-state index contributed by atoms with van der Waals surface area (Å²) >= 11 is 6.12. The van der Waals surface area contributed by atoms with Gasteiger partial charge in [-0.25, -0.2) is 4.98 Å². The first-order chi connectivity index (χ1) is 12.5. The van der Waals surface area contributed by atoms with E-state index in [1.165, 1.54) is 14.2 Å². The Kier molecular flexibility index (Phi) is 5.14. The minimum Gasteiger partial charge on any atom is -0.495 e. The number of hydrogen-bond acceptors (Lipinski definition) is 5. The predicted molar refractivity (Wildman–Crippen MR) is 102 cm³/mol. The molecule has 0 aliphatic carbocycles. The van der Waals surface area contributed by atoms with Gasteiger partial charge in [0.2, 0.25) is 0 Å². The summed E-state index contributed by atoms with van der Waals surface area (Å²) in [6, 6.07) is 8.68. The molecule has 7 heteroatoms. The molecule has 0 unspecified atom stereocenters. The second-order valence-corrected chi connectivity index (χ2v) is 5.81. The molecule has 3 rings (SSSR count). The van der Waals surface area contributed by atoms with Crippen LogP contribution in [0.1, 0.15) is 11.4 Å². The third-order valence-electron chi connectivity index (χ3n) is 3.84. The van der Waals surface area contributed by atoms with Crippen molar-refractivity contribution in [1.82, 2.24) is 9.97 Å². The molecule has 0 saturated carbocycles. The van der Waals surface area contributed by atoms with E-state index in [4.69, 9.17) is 25.8 Å². The molecule has 0 radical (unpaired) electrons. The quantitative estimate of drug-likeness (QED) is 0.738. The van der Waals surface area contributed by atoms with Gasteiger partial charge in [0.1, 0.15) is 11.6 Å². The Labute approximate surface area is 155 Å². The lowest BCUT2D eigenvalue weighted by atomic mass is 10.2. The largest absolute Gasteiger partial charge is 0.495 e. The zero-order valence-electron chi connectivity index (χ0n) is 14.5. The number of hydrogen-bond donors (Lipinski definition) is 1. The average molecular weight is 373 g/mol. The van der Waals surface area contributed by atoms with E-state index in [0.29, 0.717) is 39.0 Å². The lowest BCUT2D eigenvalue weighted by molar-refractivity contribution is 0.355. The van der Waals surface area contributed by atoms with E-state index in [-0.39, 0.29) is 5.56 Å². The van der Waals surface area contributed by atoms with Crippen LogP contribution < -0.4 is 19.8 Å². The van der Waals surface area contributed by atoms with Gasteiger partial charge in [0.05, 0.1) is 37.3 Å². The van der Waals surface area contributed by atoms with Gasteiger partial charge in [0, 0.05) is 6.07 Å². The molecule has 0 bridgehead atoms. The number of nitrogens with zero attached hydrogens (tertiary/aromatic N) is 1. The first-order valence-corrected chi connectivity index (χ1v) is 8.11. The Hall–Kier alpha value is -2.99. The van der Waals surface area contributed by atoms with Gasteiger partial charge in [-0.15, -0.1) is 0 Å². The molecule has 6 nitrogen and oxygen atoms in total. The molecule has 0 saturated heterocycles. The molecule has 2 aromatic carbocycles. The molecule has 134 valence electrons. The highest BCUT2D eigenvalue weighted by Crippen LogP contribution is 2.30. The summed E-state index contributed by atoms with van der Waals surface area (Å²) in [5.74, 6) is 2.00. The topological polar surface area (TPSA) is 73.4 Å². The zero-order chi connectivity index (χ0) is 18.7. The Balaban J connectivity index is 2.00. The van der Waals surface area contributed by atoms with Crippen LogP contribution in [-0.4, -0.2) is 31.3 Å². The van der Waals surface area contributed by atoms with Crippen molar-refractivity contribution < 1.29 is 14.2 Å². The van der Waals surface area contributed by atoms with Crippen molar-refractivity contribution in [2.24, 2.45) is 0 Å². The predicted octanol–water partition coefficient (Wildman–Crippen LogP) is 3.77. The molecule has 1 heterocycles. The van der Waals surface area contributed by atoms with Crippen LogP contribution in [0.2, 0.25) is 5.02 Å². The molecule has 0 spiro atoms. The monoisotopic (exact) mass is 372 g/mol. The molecule has 26 heavy (non-hydrogen) atoms. The lowest BCUT2D eigenvalue weighted by Crippen LogP contribution is -2.10. The Morgan fingerprint density at radius 1 is 0.962 bits per heavy atom. The van der Waals surface area contributed by atoms with Crippen molar-refractivity contribution in [3.63, 3.8) is 0 Å². The average Bonchev–Trinajstić information content (AvgIpc) is 2.65. The van der Waals surface area contributed by atoms with Crippen LogP contribution in [0, 0.1) is 0 Å². The molecular weight excluding hydrogens is 356 g/mol. The number of rotatable bonds is 5. The van der Waals surface area contributed by atoms with Crippen molar-refractivity contribution in [2.75, 3.05) is 21.3 Å². The fourth-order valence-corrected chi connectivity index (χ4v) is 2.79. The minimum absolute atomic E-state index is 0.261. The van der Waals surface area contributed by atoms with Crippen LogP contribution in [0.25, 0.3) is 23.1 Å². The highest BCUT2D eigenvalue weighted by atomic mass is 35.5. The first-order valence-electron chi connectivity index (χ1n) is 7.73. The third kappa shape index (κ3) is 3.50. The van der Waals surface area contributed by atoms with Crippen LogP contribution in [0.4, 0.5) is 0 Å². The number of H-pyrrole nitrogens is 1. The highest BCUT2D eigenvalue weighted by molar-refractivity contribution is 6.32. The number of halogens is 1. The van der Waals surface area contributed by atoms with Crippen LogP contribution in [0.15, 0.2) is 35.1 Å². The van der Waals surface area contributed by atoms with E-state index >= 15 is 0 Å². The Bertz CT molecular complexity index is 1040. The van der Waals surface area contributed by atoms with Crippen LogP contribution in [-0.2, 0) is 0 Å². The van der Waals surface area contributed by atoms with Crippen molar-refractivity contribution in [1.29, 1.82) is 0 Å². The van der Waals surface area contributed by atoms with Crippen molar-refractivity contribution in [3.05, 3.63) is 57.1 Å². The molecule has 1 N–H and O–H groups in total. The van der Waals surface area contributed by atoms with Gasteiger partial charge in [0.15, 0.2) is 11.5 Å². The number of fused-ring (bicyclic) bond motifs is 1. The summed E-state index contributed by atoms with van der Waals surface area (Å²) in [7, 11) is 4.61. The van der Waals surface area contributed by atoms with E-state index in [0.717, 1.165) is 5.56 Å². The fraction of sp³-hybridized carbons (Fsp3) is 0.158. The molecule has 0 fully saturated rings. The van der Waals surface area contributed by atoms with E-state index in [9.17, 15) is 4.79 Å². The van der Waals surface area contributed by atoms with Gasteiger partial charge in [-0.05, 0) is 29.8 Å². The smallest absolute Gasteiger partial charge is 0.259 e. The fourth-order valence-electron chi connectivity index (χ4n) is 2.52. The van der Waals surface area contributed by atoms with Gasteiger partial charge in [-0.2, -0.15) is 0 Å². The number of nitrogens with one attached hydrogen (secondary N) is 1. The van der Waals surface area contributed by atoms with Crippen molar-refractivity contribution in [2.45, 2.75) is 0 Å². The number of ether oxygens (including phenoxy) is 3. The summed E-state index contributed by atoms with van der Waals surface area (Å²) in [6.07, 6.45) is 3.51. The van der Waals surface area contributed by atoms with Crippen LogP contribution in [0.5, 0.6) is 17.2 Å². The SMILES string of the molecule is COc1ccc(/C=C/c2nc3cc(OC)c(OC)cc3c(=O)[nH]2)cc1Cl. The van der Waals surface area contributed by atoms with Crippen molar-refractivity contribution >= 4 is 34.7 Å². The van der Waals surface area contributed by atoms with Gasteiger partial charge >= 0.3 is 0 Å². The van der Waals surface area contributed by atoms with E-state index in [1.807, 2.05) is 6.07 Å². The molecule has 3 aromatic rings. The van der Waals surface area contributed by atoms with E-state index in [1.54, 1.807) is 43.5 Å².